The Morgan fingerprint density at radius 2 is 1.21 bits per heavy atom. The Hall–Kier alpha value is -1.33. The molecule has 9 heteroatoms. The lowest BCUT2D eigenvalue weighted by Gasteiger charge is -2.39. The van der Waals surface area contributed by atoms with Crippen molar-refractivity contribution >= 4 is 5.97 Å². The smallest absolute Gasteiger partial charge is 0.306 e. The van der Waals surface area contributed by atoms with Gasteiger partial charge in [0, 0.05) is 13.0 Å². The van der Waals surface area contributed by atoms with Crippen molar-refractivity contribution in [3.05, 3.63) is 24.3 Å². The zero-order chi connectivity index (χ0) is 34.4. The Morgan fingerprint density at radius 3 is 1.81 bits per heavy atom. The largest absolute Gasteiger partial charge is 0.457 e. The molecule has 0 aromatic rings. The van der Waals surface area contributed by atoms with Gasteiger partial charge in [-0.3, -0.25) is 4.79 Å². The zero-order valence-corrected chi connectivity index (χ0v) is 29.8. The number of aliphatic hydroxyl groups is 4. The number of aliphatic hydroxyl groups excluding tert-OH is 4. The van der Waals surface area contributed by atoms with Crippen LogP contribution in [0.15, 0.2) is 24.3 Å². The molecular weight excluding hydrogens is 600 g/mol. The first-order chi connectivity index (χ1) is 22.9. The average molecular weight is 671 g/mol. The van der Waals surface area contributed by atoms with Gasteiger partial charge in [0.25, 0.3) is 0 Å². The van der Waals surface area contributed by atoms with Crippen LogP contribution < -0.4 is 0 Å². The van der Waals surface area contributed by atoms with Gasteiger partial charge in [0.05, 0.1) is 19.8 Å². The lowest BCUT2D eigenvalue weighted by molar-refractivity contribution is -0.305. The van der Waals surface area contributed by atoms with Crippen LogP contribution >= 0.6 is 0 Å². The summed E-state index contributed by atoms with van der Waals surface area (Å²) in [5.41, 5.74) is 0. The number of carbonyl (C=O) groups is 1. The van der Waals surface area contributed by atoms with E-state index in [1.807, 2.05) is 0 Å². The molecular formula is C38H70O9. The fraction of sp³-hybridized carbons (Fsp3) is 0.868. The minimum atomic E-state index is -1.53. The van der Waals surface area contributed by atoms with E-state index in [2.05, 4.69) is 38.2 Å². The summed E-state index contributed by atoms with van der Waals surface area (Å²) in [4.78, 5) is 12.6. The SMILES string of the molecule is CCC/C=C\CCCCCCCC(=O)OC(COCCCCCCCC/C=C\CCCCCC)COC1OC(CO)C(O)C(O)C1O. The lowest BCUT2D eigenvalue weighted by atomic mass is 9.99. The van der Waals surface area contributed by atoms with Gasteiger partial charge in [0.15, 0.2) is 6.29 Å². The molecule has 0 spiro atoms. The molecule has 0 amide bonds. The topological polar surface area (TPSA) is 135 Å². The van der Waals surface area contributed by atoms with Crippen LogP contribution in [-0.4, -0.2) is 89.6 Å². The van der Waals surface area contributed by atoms with Gasteiger partial charge in [-0.1, -0.05) is 109 Å². The van der Waals surface area contributed by atoms with E-state index in [-0.39, 0.29) is 19.2 Å². The molecule has 47 heavy (non-hydrogen) atoms. The summed E-state index contributed by atoms with van der Waals surface area (Å²) >= 11 is 0. The Labute approximate surface area is 286 Å². The van der Waals surface area contributed by atoms with Crippen molar-refractivity contribution in [1.29, 1.82) is 0 Å². The summed E-state index contributed by atoms with van der Waals surface area (Å²) in [6.45, 7) is 4.44. The molecule has 0 radical (unpaired) electrons. The summed E-state index contributed by atoms with van der Waals surface area (Å²) in [6, 6.07) is 0. The number of hydrogen-bond donors (Lipinski definition) is 4. The van der Waals surface area contributed by atoms with Crippen LogP contribution in [0, 0.1) is 0 Å². The number of esters is 1. The molecule has 1 aliphatic heterocycles. The molecule has 6 unspecified atom stereocenters. The molecule has 1 aliphatic rings. The standard InChI is InChI=1S/C38H70O9/c1-3-5-7-9-11-13-15-16-17-18-20-22-24-26-28-44-30-32(31-45-38-37(43)36(42)35(41)33(29-39)47-38)46-34(40)27-25-23-21-19-14-12-10-8-6-4-2/h8,10,13,15,32-33,35-39,41-43H,3-7,9,11-12,14,16-31H2,1-2H3/b10-8-,15-13-. The van der Waals surface area contributed by atoms with E-state index in [9.17, 15) is 25.2 Å². The summed E-state index contributed by atoms with van der Waals surface area (Å²) < 4.78 is 22.6. The number of ether oxygens (including phenoxy) is 4. The van der Waals surface area contributed by atoms with Gasteiger partial charge in [-0.2, -0.15) is 0 Å². The predicted molar refractivity (Wildman–Crippen MR) is 187 cm³/mol. The Balaban J connectivity index is 2.34. The van der Waals surface area contributed by atoms with Crippen LogP contribution in [-0.2, 0) is 23.7 Å². The quantitative estimate of drug-likeness (QED) is 0.0347. The number of unbranched alkanes of at least 4 members (excludes halogenated alkanes) is 16. The third kappa shape index (κ3) is 22.8. The van der Waals surface area contributed by atoms with Gasteiger partial charge >= 0.3 is 5.97 Å². The number of hydrogen-bond acceptors (Lipinski definition) is 9. The second kappa shape index (κ2) is 30.7. The summed E-state index contributed by atoms with van der Waals surface area (Å²) in [7, 11) is 0. The van der Waals surface area contributed by atoms with E-state index in [1.54, 1.807) is 0 Å². The first kappa shape index (κ1) is 43.7. The van der Waals surface area contributed by atoms with Crippen LogP contribution in [0.1, 0.15) is 149 Å². The normalized spacial score (nSPS) is 22.4. The maximum absolute atomic E-state index is 12.6. The molecule has 0 aromatic heterocycles. The number of rotatable bonds is 31. The number of allylic oxidation sites excluding steroid dienone is 4. The van der Waals surface area contributed by atoms with E-state index in [0.29, 0.717) is 13.0 Å². The Kier molecular flexibility index (Phi) is 28.5. The first-order valence-electron chi connectivity index (χ1n) is 18.9. The highest BCUT2D eigenvalue weighted by Crippen LogP contribution is 2.22. The van der Waals surface area contributed by atoms with Gasteiger partial charge in [0.2, 0.25) is 0 Å². The average Bonchev–Trinajstić information content (AvgIpc) is 3.07. The highest BCUT2D eigenvalue weighted by atomic mass is 16.7. The second-order valence-corrected chi connectivity index (χ2v) is 13.0. The van der Waals surface area contributed by atoms with Crippen LogP contribution in [0.2, 0.25) is 0 Å². The number of carbonyl (C=O) groups excluding carboxylic acids is 1. The van der Waals surface area contributed by atoms with Gasteiger partial charge in [-0.05, 0) is 57.8 Å². The Morgan fingerprint density at radius 1 is 0.660 bits per heavy atom. The second-order valence-electron chi connectivity index (χ2n) is 13.0. The fourth-order valence-corrected chi connectivity index (χ4v) is 5.55. The van der Waals surface area contributed by atoms with Crippen molar-refractivity contribution < 1.29 is 44.2 Å². The van der Waals surface area contributed by atoms with Gasteiger partial charge < -0.3 is 39.4 Å². The maximum atomic E-state index is 12.6. The molecule has 6 atom stereocenters. The summed E-state index contributed by atoms with van der Waals surface area (Å²) in [5, 5.41) is 39.9. The minimum Gasteiger partial charge on any atom is -0.457 e. The van der Waals surface area contributed by atoms with E-state index in [1.165, 1.54) is 64.2 Å². The molecule has 9 nitrogen and oxygen atoms in total. The predicted octanol–water partition coefficient (Wildman–Crippen LogP) is 7.08. The molecule has 0 saturated carbocycles. The molecule has 0 aromatic carbocycles. The zero-order valence-electron chi connectivity index (χ0n) is 29.8. The highest BCUT2D eigenvalue weighted by Gasteiger charge is 2.44. The van der Waals surface area contributed by atoms with Gasteiger partial charge in [0.1, 0.15) is 30.5 Å². The fourth-order valence-electron chi connectivity index (χ4n) is 5.55. The van der Waals surface area contributed by atoms with Crippen LogP contribution in [0.5, 0.6) is 0 Å². The lowest BCUT2D eigenvalue weighted by Crippen LogP contribution is -2.59. The van der Waals surface area contributed by atoms with E-state index in [4.69, 9.17) is 18.9 Å². The molecule has 4 N–H and O–H groups in total. The van der Waals surface area contributed by atoms with Crippen LogP contribution in [0.4, 0.5) is 0 Å². The third-order valence-electron chi connectivity index (χ3n) is 8.57. The van der Waals surface area contributed by atoms with Crippen molar-refractivity contribution in [2.24, 2.45) is 0 Å². The molecule has 1 heterocycles. The molecule has 276 valence electrons. The molecule has 0 bridgehead atoms. The highest BCUT2D eigenvalue weighted by molar-refractivity contribution is 5.69. The van der Waals surface area contributed by atoms with Crippen molar-refractivity contribution in [3.63, 3.8) is 0 Å². The third-order valence-corrected chi connectivity index (χ3v) is 8.57. The van der Waals surface area contributed by atoms with Crippen molar-refractivity contribution in [1.82, 2.24) is 0 Å². The van der Waals surface area contributed by atoms with Gasteiger partial charge in [-0.25, -0.2) is 0 Å². The Bertz CT molecular complexity index is 772. The van der Waals surface area contributed by atoms with Crippen molar-refractivity contribution in [3.8, 4) is 0 Å². The van der Waals surface area contributed by atoms with Crippen LogP contribution in [0.25, 0.3) is 0 Å². The van der Waals surface area contributed by atoms with E-state index >= 15 is 0 Å². The van der Waals surface area contributed by atoms with E-state index < -0.39 is 43.4 Å². The molecule has 1 saturated heterocycles. The molecule has 0 aliphatic carbocycles. The van der Waals surface area contributed by atoms with E-state index in [0.717, 1.165) is 64.2 Å². The monoisotopic (exact) mass is 671 g/mol. The maximum Gasteiger partial charge on any atom is 0.306 e. The first-order valence-corrected chi connectivity index (χ1v) is 18.9. The summed E-state index contributed by atoms with van der Waals surface area (Å²) in [5.74, 6) is -0.329. The summed E-state index contributed by atoms with van der Waals surface area (Å²) in [6.07, 6.45) is 24.9. The van der Waals surface area contributed by atoms with Crippen molar-refractivity contribution in [2.75, 3.05) is 26.4 Å². The van der Waals surface area contributed by atoms with Crippen LogP contribution in [0.3, 0.4) is 0 Å². The van der Waals surface area contributed by atoms with Gasteiger partial charge in [-0.15, -0.1) is 0 Å². The molecule has 1 rings (SSSR count). The minimum absolute atomic E-state index is 0.118. The van der Waals surface area contributed by atoms with Crippen molar-refractivity contribution in [2.45, 2.75) is 185 Å². The molecule has 1 fully saturated rings.